The van der Waals surface area contributed by atoms with Crippen molar-refractivity contribution in [1.82, 2.24) is 19.6 Å². The van der Waals surface area contributed by atoms with Gasteiger partial charge in [-0.3, -0.25) is 9.78 Å². The van der Waals surface area contributed by atoms with E-state index in [4.69, 9.17) is 15.7 Å². The Labute approximate surface area is 189 Å². The summed E-state index contributed by atoms with van der Waals surface area (Å²) in [5.41, 5.74) is 12.5. The average Bonchev–Trinajstić information content (AvgIpc) is 3.09. The van der Waals surface area contributed by atoms with Crippen LogP contribution in [0, 0.1) is 13.8 Å². The lowest BCUT2D eigenvalue weighted by Crippen LogP contribution is -2.14. The fraction of sp³-hybridized carbons (Fsp3) is 0.0800. The molecule has 8 nitrogen and oxygen atoms in total. The Morgan fingerprint density at radius 1 is 1.03 bits per heavy atom. The molecule has 2 aromatic carbocycles. The SMILES string of the molecule is Cc1ccc(NC(=O)c2c(N)n(N=Cc3cccnc3)c3nc4ccccc4nc23)cc1C. The molecule has 3 N–H and O–H groups in total. The third-order valence-corrected chi connectivity index (χ3v) is 5.47. The van der Waals surface area contributed by atoms with Crippen LogP contribution >= 0.6 is 0 Å². The molecule has 0 bridgehead atoms. The number of aromatic nitrogens is 4. The van der Waals surface area contributed by atoms with E-state index in [1.165, 1.54) is 4.68 Å². The van der Waals surface area contributed by atoms with E-state index in [1.54, 1.807) is 18.6 Å². The van der Waals surface area contributed by atoms with Crippen molar-refractivity contribution in [2.45, 2.75) is 13.8 Å². The molecular weight excluding hydrogens is 414 g/mol. The zero-order valence-electron chi connectivity index (χ0n) is 18.1. The minimum absolute atomic E-state index is 0.154. The molecule has 0 atom stereocenters. The van der Waals surface area contributed by atoms with E-state index in [0.29, 0.717) is 27.9 Å². The second-order valence-corrected chi connectivity index (χ2v) is 7.74. The van der Waals surface area contributed by atoms with Crippen molar-refractivity contribution in [3.8, 4) is 0 Å². The fourth-order valence-corrected chi connectivity index (χ4v) is 3.58. The number of rotatable bonds is 4. The number of carbonyl (C=O) groups excluding carboxylic acids is 1. The summed E-state index contributed by atoms with van der Waals surface area (Å²) in [6, 6.07) is 16.9. The maximum Gasteiger partial charge on any atom is 0.261 e. The first-order chi connectivity index (χ1) is 16.0. The maximum absolute atomic E-state index is 13.3. The van der Waals surface area contributed by atoms with Crippen LogP contribution in [0.4, 0.5) is 11.5 Å². The van der Waals surface area contributed by atoms with Gasteiger partial charge >= 0.3 is 0 Å². The van der Waals surface area contributed by atoms with Gasteiger partial charge in [-0.15, -0.1) is 0 Å². The minimum Gasteiger partial charge on any atom is -0.383 e. The molecule has 0 saturated carbocycles. The van der Waals surface area contributed by atoms with Crippen molar-refractivity contribution in [2.75, 3.05) is 11.1 Å². The Balaban J connectivity index is 1.66. The standard InChI is InChI=1S/C25H21N7O/c1-15-9-10-18(12-16(15)2)29-25(33)21-22-24(31-20-8-4-3-7-19(20)30-22)32(23(21)26)28-14-17-6-5-11-27-13-17/h3-14H,26H2,1-2H3,(H,29,33). The molecule has 33 heavy (non-hydrogen) atoms. The van der Waals surface area contributed by atoms with Crippen LogP contribution in [-0.2, 0) is 0 Å². The number of fused-ring (bicyclic) bond motifs is 2. The van der Waals surface area contributed by atoms with E-state index < -0.39 is 0 Å². The zero-order chi connectivity index (χ0) is 22.9. The fourth-order valence-electron chi connectivity index (χ4n) is 3.58. The average molecular weight is 435 g/mol. The minimum atomic E-state index is -0.374. The lowest BCUT2D eigenvalue weighted by molar-refractivity contribution is 0.102. The summed E-state index contributed by atoms with van der Waals surface area (Å²) in [6.07, 6.45) is 4.98. The van der Waals surface area contributed by atoms with Crippen LogP contribution in [0.3, 0.4) is 0 Å². The molecule has 0 spiro atoms. The first kappa shape index (κ1) is 20.3. The molecule has 0 radical (unpaired) electrons. The van der Waals surface area contributed by atoms with Crippen molar-refractivity contribution in [3.05, 3.63) is 89.2 Å². The van der Waals surface area contributed by atoms with E-state index in [2.05, 4.69) is 15.4 Å². The first-order valence-corrected chi connectivity index (χ1v) is 10.4. The number of pyridine rings is 1. The Morgan fingerprint density at radius 2 is 1.82 bits per heavy atom. The number of para-hydroxylation sites is 2. The molecule has 3 heterocycles. The van der Waals surface area contributed by atoms with Crippen molar-refractivity contribution >= 4 is 45.8 Å². The van der Waals surface area contributed by atoms with Crippen LogP contribution in [0.15, 0.2) is 72.1 Å². The maximum atomic E-state index is 13.3. The number of carbonyl (C=O) groups is 1. The van der Waals surface area contributed by atoms with Gasteiger partial charge in [0, 0.05) is 23.6 Å². The molecule has 5 aromatic rings. The number of nitrogens with two attached hydrogens (primary N) is 1. The smallest absolute Gasteiger partial charge is 0.261 e. The Kier molecular flexibility index (Phi) is 5.02. The van der Waals surface area contributed by atoms with Crippen molar-refractivity contribution < 1.29 is 4.79 Å². The van der Waals surface area contributed by atoms with Crippen LogP contribution in [0.5, 0.6) is 0 Å². The van der Waals surface area contributed by atoms with Crippen molar-refractivity contribution in [2.24, 2.45) is 5.10 Å². The predicted octanol–water partition coefficient (Wildman–Crippen LogP) is 4.31. The third kappa shape index (κ3) is 3.78. The summed E-state index contributed by atoms with van der Waals surface area (Å²) < 4.78 is 1.44. The van der Waals surface area contributed by atoms with Gasteiger partial charge in [-0.2, -0.15) is 9.78 Å². The number of amides is 1. The molecule has 162 valence electrons. The van der Waals surface area contributed by atoms with Gasteiger partial charge in [-0.25, -0.2) is 9.97 Å². The molecular formula is C25H21N7O. The number of nitrogen functional groups attached to an aromatic ring is 1. The van der Waals surface area contributed by atoms with Crippen LogP contribution in [-0.4, -0.2) is 31.7 Å². The zero-order valence-corrected chi connectivity index (χ0v) is 18.1. The van der Waals surface area contributed by atoms with Gasteiger partial charge in [0.25, 0.3) is 5.91 Å². The largest absolute Gasteiger partial charge is 0.383 e. The quantitative estimate of drug-likeness (QED) is 0.409. The van der Waals surface area contributed by atoms with Crippen LogP contribution < -0.4 is 11.1 Å². The van der Waals surface area contributed by atoms with Gasteiger partial charge in [-0.1, -0.05) is 24.3 Å². The van der Waals surface area contributed by atoms with Crippen molar-refractivity contribution in [1.29, 1.82) is 0 Å². The number of hydrogen-bond donors (Lipinski definition) is 2. The number of nitrogens with one attached hydrogen (secondary N) is 1. The molecule has 8 heteroatoms. The topological polar surface area (TPSA) is 111 Å². The Bertz CT molecular complexity index is 1540. The van der Waals surface area contributed by atoms with Gasteiger partial charge < -0.3 is 11.1 Å². The summed E-state index contributed by atoms with van der Waals surface area (Å²) in [7, 11) is 0. The van der Waals surface area contributed by atoms with Crippen LogP contribution in [0.2, 0.25) is 0 Å². The summed E-state index contributed by atoms with van der Waals surface area (Å²) in [4.78, 5) is 26.8. The van der Waals surface area contributed by atoms with Gasteiger partial charge in [0.15, 0.2) is 5.65 Å². The second kappa shape index (κ2) is 8.16. The molecule has 0 aliphatic heterocycles. The molecule has 0 unspecified atom stereocenters. The molecule has 1 amide bonds. The molecule has 0 aliphatic carbocycles. The van der Waals surface area contributed by atoms with Gasteiger partial charge in [0.1, 0.15) is 16.9 Å². The number of benzene rings is 2. The van der Waals surface area contributed by atoms with Crippen LogP contribution in [0.1, 0.15) is 27.0 Å². The van der Waals surface area contributed by atoms with Gasteiger partial charge in [0.2, 0.25) is 0 Å². The molecule has 0 saturated heterocycles. The molecule has 0 fully saturated rings. The Hall–Kier alpha value is -4.59. The number of nitrogens with zero attached hydrogens (tertiary/aromatic N) is 5. The van der Waals surface area contributed by atoms with Crippen LogP contribution in [0.25, 0.3) is 22.2 Å². The monoisotopic (exact) mass is 435 g/mol. The van der Waals surface area contributed by atoms with E-state index in [0.717, 1.165) is 16.7 Å². The van der Waals surface area contributed by atoms with Gasteiger partial charge in [0.05, 0.1) is 17.2 Å². The lowest BCUT2D eigenvalue weighted by Gasteiger charge is -2.08. The normalized spacial score (nSPS) is 11.5. The highest BCUT2D eigenvalue weighted by Crippen LogP contribution is 2.29. The van der Waals surface area contributed by atoms with E-state index in [1.807, 2.05) is 68.4 Å². The highest BCUT2D eigenvalue weighted by Gasteiger charge is 2.24. The second-order valence-electron chi connectivity index (χ2n) is 7.74. The Morgan fingerprint density at radius 3 is 2.55 bits per heavy atom. The number of aryl methyl sites for hydroxylation is 2. The first-order valence-electron chi connectivity index (χ1n) is 10.4. The number of anilines is 2. The van der Waals surface area contributed by atoms with Gasteiger partial charge in [-0.05, 0) is 55.3 Å². The van der Waals surface area contributed by atoms with E-state index in [9.17, 15) is 4.79 Å². The summed E-state index contributed by atoms with van der Waals surface area (Å²) in [6.45, 7) is 4.02. The predicted molar refractivity (Wildman–Crippen MR) is 131 cm³/mol. The van der Waals surface area contributed by atoms with Crippen molar-refractivity contribution in [3.63, 3.8) is 0 Å². The third-order valence-electron chi connectivity index (χ3n) is 5.47. The van der Waals surface area contributed by atoms with E-state index >= 15 is 0 Å². The highest BCUT2D eigenvalue weighted by molar-refractivity contribution is 6.16. The highest BCUT2D eigenvalue weighted by atomic mass is 16.1. The lowest BCUT2D eigenvalue weighted by atomic mass is 10.1. The summed E-state index contributed by atoms with van der Waals surface area (Å²) in [5, 5.41) is 7.42. The summed E-state index contributed by atoms with van der Waals surface area (Å²) in [5.74, 6) is -0.220. The molecule has 0 aliphatic rings. The molecule has 3 aromatic heterocycles. The summed E-state index contributed by atoms with van der Waals surface area (Å²) >= 11 is 0. The molecule has 5 rings (SSSR count). The number of hydrogen-bond acceptors (Lipinski definition) is 6. The van der Waals surface area contributed by atoms with E-state index in [-0.39, 0.29) is 17.3 Å².